The van der Waals surface area contributed by atoms with E-state index >= 15 is 0 Å². The summed E-state index contributed by atoms with van der Waals surface area (Å²) >= 11 is 0. The molecule has 0 saturated heterocycles. The summed E-state index contributed by atoms with van der Waals surface area (Å²) in [5.41, 5.74) is 5.52. The fraction of sp³-hybridized carbons (Fsp3) is 0.286. The van der Waals surface area contributed by atoms with Crippen molar-refractivity contribution < 1.29 is 4.79 Å². The number of rotatable bonds is 3. The Labute approximate surface area is 70.0 Å². The molecule has 12 heavy (non-hydrogen) atoms. The van der Waals surface area contributed by atoms with Crippen LogP contribution in [0, 0.1) is 0 Å². The van der Waals surface area contributed by atoms with Gasteiger partial charge in [0.25, 0.3) is 5.91 Å². The molecule has 0 aliphatic rings. The molecule has 1 rings (SSSR count). The van der Waals surface area contributed by atoms with E-state index in [9.17, 15) is 4.79 Å². The minimum Gasteiger partial charge on any atom is -0.349 e. The quantitative estimate of drug-likeness (QED) is 0.613. The number of nitrogens with one attached hydrogen (secondary N) is 1. The molecule has 0 saturated carbocycles. The molecule has 0 fully saturated rings. The molecule has 3 N–H and O–H groups in total. The average Bonchev–Trinajstić information content (AvgIpc) is 2.15. The lowest BCUT2D eigenvalue weighted by atomic mass is 10.4. The van der Waals surface area contributed by atoms with Gasteiger partial charge in [0.2, 0.25) is 0 Å². The van der Waals surface area contributed by atoms with Crippen LogP contribution in [0.4, 0.5) is 0 Å². The Morgan fingerprint density at radius 2 is 2.42 bits per heavy atom. The third-order valence-corrected chi connectivity index (χ3v) is 1.23. The maximum Gasteiger partial charge on any atom is 0.271 e. The lowest BCUT2D eigenvalue weighted by Gasteiger charge is -2.00. The zero-order chi connectivity index (χ0) is 8.81. The smallest absolute Gasteiger partial charge is 0.271 e. The molecule has 0 aromatic carbocycles. The van der Waals surface area contributed by atoms with Gasteiger partial charge in [0.15, 0.2) is 0 Å². The largest absolute Gasteiger partial charge is 0.349 e. The minimum atomic E-state index is -0.242. The highest BCUT2D eigenvalue weighted by Gasteiger charge is 2.03. The molecule has 0 atom stereocenters. The lowest BCUT2D eigenvalue weighted by molar-refractivity contribution is 0.0949. The number of hydrogen-bond acceptors (Lipinski definition) is 4. The SMILES string of the molecule is NCCNC(=O)c1cnccn1. The zero-order valence-electron chi connectivity index (χ0n) is 6.53. The van der Waals surface area contributed by atoms with Crippen LogP contribution in [0.3, 0.4) is 0 Å². The van der Waals surface area contributed by atoms with Crippen molar-refractivity contribution in [2.24, 2.45) is 5.73 Å². The van der Waals surface area contributed by atoms with Gasteiger partial charge >= 0.3 is 0 Å². The molecule has 5 heteroatoms. The number of aromatic nitrogens is 2. The predicted octanol–water partition coefficient (Wildman–Crippen LogP) is -0.835. The van der Waals surface area contributed by atoms with E-state index in [2.05, 4.69) is 15.3 Å². The van der Waals surface area contributed by atoms with Crippen LogP contribution >= 0.6 is 0 Å². The van der Waals surface area contributed by atoms with Gasteiger partial charge in [-0.15, -0.1) is 0 Å². The van der Waals surface area contributed by atoms with Gasteiger partial charge in [0.05, 0.1) is 6.20 Å². The molecular weight excluding hydrogens is 156 g/mol. The summed E-state index contributed by atoms with van der Waals surface area (Å²) in [5, 5.41) is 2.58. The summed E-state index contributed by atoms with van der Waals surface area (Å²) in [6.07, 6.45) is 4.39. The third kappa shape index (κ3) is 2.28. The number of amides is 1. The summed E-state index contributed by atoms with van der Waals surface area (Å²) in [6.45, 7) is 0.876. The van der Waals surface area contributed by atoms with Gasteiger partial charge in [-0.05, 0) is 0 Å². The molecular formula is C7H10N4O. The van der Waals surface area contributed by atoms with Gasteiger partial charge in [0, 0.05) is 25.5 Å². The second kappa shape index (κ2) is 4.40. The van der Waals surface area contributed by atoms with Crippen molar-refractivity contribution in [3.05, 3.63) is 24.3 Å². The standard InChI is InChI=1S/C7H10N4O/c8-1-2-11-7(12)6-5-9-3-4-10-6/h3-5H,1-2,8H2,(H,11,12). The number of nitrogens with zero attached hydrogens (tertiary/aromatic N) is 2. The summed E-state index contributed by atoms with van der Waals surface area (Å²) < 4.78 is 0. The molecule has 0 aliphatic carbocycles. The molecule has 1 heterocycles. The first-order chi connectivity index (χ1) is 5.84. The van der Waals surface area contributed by atoms with Gasteiger partial charge in [0.1, 0.15) is 5.69 Å². The van der Waals surface area contributed by atoms with Crippen molar-refractivity contribution in [2.75, 3.05) is 13.1 Å². The summed E-state index contributed by atoms with van der Waals surface area (Å²) in [5.74, 6) is -0.242. The molecule has 1 aromatic heterocycles. The third-order valence-electron chi connectivity index (χ3n) is 1.23. The van der Waals surface area contributed by atoms with Crippen LogP contribution in [0.5, 0.6) is 0 Å². The van der Waals surface area contributed by atoms with Crippen molar-refractivity contribution in [1.82, 2.24) is 15.3 Å². The first-order valence-electron chi connectivity index (χ1n) is 3.59. The second-order valence-electron chi connectivity index (χ2n) is 2.14. The van der Waals surface area contributed by atoms with Gasteiger partial charge < -0.3 is 11.1 Å². The molecule has 0 bridgehead atoms. The van der Waals surface area contributed by atoms with E-state index in [-0.39, 0.29) is 5.91 Å². The van der Waals surface area contributed by atoms with Crippen molar-refractivity contribution in [2.45, 2.75) is 0 Å². The lowest BCUT2D eigenvalue weighted by Crippen LogP contribution is -2.29. The van der Waals surface area contributed by atoms with Crippen LogP contribution in [0.1, 0.15) is 10.5 Å². The van der Waals surface area contributed by atoms with Gasteiger partial charge in [-0.1, -0.05) is 0 Å². The number of carbonyl (C=O) groups excluding carboxylic acids is 1. The molecule has 0 radical (unpaired) electrons. The Hall–Kier alpha value is -1.49. The van der Waals surface area contributed by atoms with Crippen molar-refractivity contribution in [3.8, 4) is 0 Å². The van der Waals surface area contributed by atoms with Gasteiger partial charge in [-0.25, -0.2) is 4.98 Å². The van der Waals surface area contributed by atoms with Crippen LogP contribution in [0.15, 0.2) is 18.6 Å². The van der Waals surface area contributed by atoms with Gasteiger partial charge in [-0.3, -0.25) is 9.78 Å². The molecule has 1 amide bonds. The maximum atomic E-state index is 11.1. The fourth-order valence-electron chi connectivity index (χ4n) is 0.693. The van der Waals surface area contributed by atoms with Crippen molar-refractivity contribution >= 4 is 5.91 Å². The Bertz CT molecular complexity index is 249. The van der Waals surface area contributed by atoms with Crippen molar-refractivity contribution in [1.29, 1.82) is 0 Å². The summed E-state index contributed by atoms with van der Waals surface area (Å²) in [4.78, 5) is 18.7. The topological polar surface area (TPSA) is 80.9 Å². The van der Waals surface area contributed by atoms with E-state index < -0.39 is 0 Å². The fourth-order valence-corrected chi connectivity index (χ4v) is 0.693. The Balaban J connectivity index is 2.54. The van der Waals surface area contributed by atoms with E-state index in [4.69, 9.17) is 5.73 Å². The van der Waals surface area contributed by atoms with Gasteiger partial charge in [-0.2, -0.15) is 0 Å². The summed E-state index contributed by atoms with van der Waals surface area (Å²) in [6, 6.07) is 0. The van der Waals surface area contributed by atoms with Crippen molar-refractivity contribution in [3.63, 3.8) is 0 Å². The molecule has 64 valence electrons. The maximum absolute atomic E-state index is 11.1. The molecule has 0 unspecified atom stereocenters. The Morgan fingerprint density at radius 1 is 1.58 bits per heavy atom. The van der Waals surface area contributed by atoms with Crippen LogP contribution in [0.2, 0.25) is 0 Å². The molecule has 1 aromatic rings. The van der Waals surface area contributed by atoms with Crippen LogP contribution in [-0.2, 0) is 0 Å². The zero-order valence-corrected chi connectivity index (χ0v) is 6.53. The van der Waals surface area contributed by atoms with Crippen LogP contribution < -0.4 is 11.1 Å². The molecule has 0 spiro atoms. The predicted molar refractivity (Wildman–Crippen MR) is 43.4 cm³/mol. The highest BCUT2D eigenvalue weighted by Crippen LogP contribution is 1.88. The second-order valence-corrected chi connectivity index (χ2v) is 2.14. The summed E-state index contributed by atoms with van der Waals surface area (Å²) in [7, 11) is 0. The first-order valence-corrected chi connectivity index (χ1v) is 3.59. The number of hydrogen-bond donors (Lipinski definition) is 2. The van der Waals surface area contributed by atoms with Crippen LogP contribution in [-0.4, -0.2) is 29.0 Å². The first kappa shape index (κ1) is 8.61. The Morgan fingerprint density at radius 3 is 3.00 bits per heavy atom. The monoisotopic (exact) mass is 166 g/mol. The number of carbonyl (C=O) groups is 1. The normalized spacial score (nSPS) is 9.42. The Kier molecular flexibility index (Phi) is 3.16. The van der Waals surface area contributed by atoms with E-state index in [1.54, 1.807) is 0 Å². The molecule has 0 aliphatic heterocycles. The van der Waals surface area contributed by atoms with E-state index in [0.29, 0.717) is 18.8 Å². The highest BCUT2D eigenvalue weighted by molar-refractivity contribution is 5.91. The van der Waals surface area contributed by atoms with E-state index in [1.165, 1.54) is 18.6 Å². The molecule has 5 nitrogen and oxygen atoms in total. The highest BCUT2D eigenvalue weighted by atomic mass is 16.1. The van der Waals surface area contributed by atoms with Crippen LogP contribution in [0.25, 0.3) is 0 Å². The van der Waals surface area contributed by atoms with E-state index in [0.717, 1.165) is 0 Å². The average molecular weight is 166 g/mol. The number of nitrogens with two attached hydrogens (primary N) is 1. The van der Waals surface area contributed by atoms with E-state index in [1.807, 2.05) is 0 Å². The minimum absolute atomic E-state index is 0.242.